The maximum absolute atomic E-state index is 10.3. The zero-order chi connectivity index (χ0) is 13.3. The van der Waals surface area contributed by atoms with Gasteiger partial charge in [0, 0.05) is 18.9 Å². The van der Waals surface area contributed by atoms with Gasteiger partial charge in [0.2, 0.25) is 0 Å². The third-order valence-electron chi connectivity index (χ3n) is 1.10. The Balaban J connectivity index is 0.000000302. The van der Waals surface area contributed by atoms with Crippen LogP contribution in [0.15, 0.2) is 33.3 Å². The molecule has 1 aliphatic rings. The predicted octanol–water partition coefficient (Wildman–Crippen LogP) is 1.10. The molecule has 0 radical (unpaired) electrons. The zero-order valence-corrected chi connectivity index (χ0v) is 8.85. The molecule has 0 aromatic heterocycles. The lowest BCUT2D eigenvalue weighted by molar-refractivity contribution is -0.113. The van der Waals surface area contributed by atoms with Crippen LogP contribution in [-0.2, 0) is 19.8 Å². The highest BCUT2D eigenvalue weighted by Gasteiger charge is 1.99. The number of carbonyl (C=O) groups is 2. The molecular weight excluding hydrogens is 252 g/mol. The molecule has 0 unspecified atom stereocenters. The molecule has 0 aromatic rings. The van der Waals surface area contributed by atoms with Gasteiger partial charge in [0.1, 0.15) is 0 Å². The summed E-state index contributed by atoms with van der Waals surface area (Å²) in [6, 6.07) is 0. The summed E-state index contributed by atoms with van der Waals surface area (Å²) in [5, 5.41) is 0. The summed E-state index contributed by atoms with van der Waals surface area (Å²) in [5.74, 6) is -0.241. The summed E-state index contributed by atoms with van der Waals surface area (Å²) in [6.45, 7) is 0. The van der Waals surface area contributed by atoms with Crippen molar-refractivity contribution in [1.29, 1.82) is 0 Å². The highest BCUT2D eigenvalue weighted by molar-refractivity contribution is 7.88. The Hall–Kier alpha value is -2.61. The Kier molecular flexibility index (Phi) is 5.75. The van der Waals surface area contributed by atoms with Crippen molar-refractivity contribution in [2.45, 2.75) is 0 Å². The fourth-order valence-corrected chi connectivity index (χ4v) is 0.765. The Morgan fingerprint density at radius 1 is 0.882 bits per heavy atom. The summed E-state index contributed by atoms with van der Waals surface area (Å²) in [7, 11) is -4.27. The van der Waals surface area contributed by atoms with E-state index < -0.39 is 10.2 Å². The van der Waals surface area contributed by atoms with Crippen molar-refractivity contribution in [3.8, 4) is 0 Å². The highest BCUT2D eigenvalue weighted by Crippen LogP contribution is 1.92. The number of hydrogen-bond acceptors (Lipinski definition) is 4. The van der Waals surface area contributed by atoms with Gasteiger partial charge < -0.3 is 0 Å². The molecule has 1 aliphatic carbocycles. The number of carbonyl (C=O) groups excluding carboxylic acids is 2. The molecule has 0 N–H and O–H groups in total. The van der Waals surface area contributed by atoms with E-state index >= 15 is 0 Å². The van der Waals surface area contributed by atoms with E-state index in [1.165, 1.54) is 24.3 Å². The molecule has 0 amide bonds. The summed E-state index contributed by atoms with van der Waals surface area (Å²) >= 11 is 0. The fourth-order valence-electron chi connectivity index (χ4n) is 0.548. The van der Waals surface area contributed by atoms with Gasteiger partial charge in [0.05, 0.1) is 0 Å². The monoisotopic (exact) mass is 256 g/mol. The molecule has 1 rings (SSSR count). The van der Waals surface area contributed by atoms with Crippen LogP contribution in [0, 0.1) is 0 Å². The average Bonchev–Trinajstić information content (AvgIpc) is 2.23. The first-order valence-corrected chi connectivity index (χ1v) is 5.13. The molecule has 17 heavy (non-hydrogen) atoms. The van der Waals surface area contributed by atoms with Crippen LogP contribution in [0.5, 0.6) is 0 Å². The van der Waals surface area contributed by atoms with Crippen molar-refractivity contribution < 1.29 is 18.0 Å². The molecule has 11 heteroatoms. The maximum Gasteiger partial charge on any atom is 0.321 e. The smallest absolute Gasteiger partial charge is 0.290 e. The number of rotatable bonds is 2. The standard InChI is InChI=1S/C6H4O2.N6O2S/c7-5-1-2-6(8)4-3-5;1-3-5-9(7,8)6-4-2/h1-4H;. The van der Waals surface area contributed by atoms with Gasteiger partial charge >= 0.3 is 10.2 Å². The van der Waals surface area contributed by atoms with Crippen molar-refractivity contribution in [3.05, 3.63) is 45.2 Å². The molecule has 0 bridgehead atoms. The van der Waals surface area contributed by atoms with Gasteiger partial charge in [-0.05, 0) is 35.4 Å². The summed E-state index contributed by atoms with van der Waals surface area (Å²) in [5.41, 5.74) is 15.0. The number of hydrogen-bond donors (Lipinski definition) is 0. The summed E-state index contributed by atoms with van der Waals surface area (Å²) in [4.78, 5) is 24.4. The first kappa shape index (κ1) is 14.4. The van der Waals surface area contributed by atoms with E-state index in [0.29, 0.717) is 0 Å². The lowest BCUT2D eigenvalue weighted by Crippen LogP contribution is -1.97. The zero-order valence-electron chi connectivity index (χ0n) is 8.03. The second-order valence-electron chi connectivity index (χ2n) is 2.26. The Labute approximate surface area is 94.7 Å². The van der Waals surface area contributed by atoms with Crippen LogP contribution >= 0.6 is 0 Å². The van der Waals surface area contributed by atoms with Crippen molar-refractivity contribution in [2.24, 2.45) is 9.04 Å². The average molecular weight is 256 g/mol. The summed E-state index contributed by atoms with van der Waals surface area (Å²) in [6.07, 6.45) is 5.01. The molecule has 0 spiro atoms. The van der Waals surface area contributed by atoms with Gasteiger partial charge in [-0.25, -0.2) is 8.42 Å². The van der Waals surface area contributed by atoms with E-state index in [1.54, 1.807) is 0 Å². The Morgan fingerprint density at radius 2 is 1.18 bits per heavy atom. The minimum atomic E-state index is -4.27. The molecule has 0 saturated carbocycles. The van der Waals surface area contributed by atoms with Gasteiger partial charge in [0.15, 0.2) is 11.6 Å². The SMILES string of the molecule is O=C1C=CC(=O)C=C1.[N-]=[N+]=NS(=O)(=O)N=[N+]=[N-]. The Morgan fingerprint density at radius 3 is 1.41 bits per heavy atom. The quantitative estimate of drug-likeness (QED) is 0.312. The third kappa shape index (κ3) is 7.33. The van der Waals surface area contributed by atoms with Gasteiger partial charge in [-0.3, -0.25) is 9.59 Å². The molecule has 0 atom stereocenters. The minimum Gasteiger partial charge on any atom is -0.290 e. The minimum absolute atomic E-state index is 0.121. The second kappa shape index (κ2) is 6.80. The van der Waals surface area contributed by atoms with Gasteiger partial charge in [-0.2, -0.15) is 0 Å². The van der Waals surface area contributed by atoms with E-state index in [2.05, 4.69) is 9.04 Å². The summed E-state index contributed by atoms with van der Waals surface area (Å²) < 4.78 is 24.3. The molecule has 0 saturated heterocycles. The number of azide groups is 1. The second-order valence-corrected chi connectivity index (χ2v) is 3.48. The lowest BCUT2D eigenvalue weighted by Gasteiger charge is -1.87. The fraction of sp³-hybridized carbons (Fsp3) is 0. The number of ketones is 2. The van der Waals surface area contributed by atoms with Crippen molar-refractivity contribution in [1.82, 2.24) is 0 Å². The first-order valence-electron chi connectivity index (χ1n) is 3.73. The third-order valence-corrected chi connectivity index (χ3v) is 1.66. The van der Waals surface area contributed by atoms with Gasteiger partial charge in [-0.15, -0.1) is 0 Å². The van der Waals surface area contributed by atoms with Crippen LogP contribution in [0.3, 0.4) is 0 Å². The van der Waals surface area contributed by atoms with Crippen molar-refractivity contribution in [2.75, 3.05) is 0 Å². The maximum atomic E-state index is 10.3. The first-order chi connectivity index (χ1) is 7.91. The van der Waals surface area contributed by atoms with Crippen LogP contribution in [0.4, 0.5) is 0 Å². The van der Waals surface area contributed by atoms with Gasteiger partial charge in [-0.1, -0.05) is 0 Å². The van der Waals surface area contributed by atoms with Crippen molar-refractivity contribution >= 4 is 21.8 Å². The van der Waals surface area contributed by atoms with Crippen LogP contribution in [0.2, 0.25) is 0 Å². The molecule has 88 valence electrons. The van der Waals surface area contributed by atoms with E-state index in [1.807, 2.05) is 9.82 Å². The molecule has 10 nitrogen and oxygen atoms in total. The van der Waals surface area contributed by atoms with Crippen LogP contribution in [0.1, 0.15) is 0 Å². The lowest BCUT2D eigenvalue weighted by atomic mass is 10.2. The van der Waals surface area contributed by atoms with Crippen LogP contribution in [0.25, 0.3) is 20.9 Å². The van der Waals surface area contributed by atoms with Crippen molar-refractivity contribution in [3.63, 3.8) is 0 Å². The van der Waals surface area contributed by atoms with E-state index in [4.69, 9.17) is 11.1 Å². The van der Waals surface area contributed by atoms with E-state index in [0.717, 1.165) is 0 Å². The molecule has 0 aliphatic heterocycles. The molecule has 0 heterocycles. The van der Waals surface area contributed by atoms with Crippen LogP contribution in [-0.4, -0.2) is 20.0 Å². The largest absolute Gasteiger partial charge is 0.321 e. The predicted molar refractivity (Wildman–Crippen MR) is 55.5 cm³/mol. The normalized spacial score (nSPS) is 12.9. The van der Waals surface area contributed by atoms with E-state index in [9.17, 15) is 18.0 Å². The highest BCUT2D eigenvalue weighted by atomic mass is 32.2. The topological polar surface area (TPSA) is 166 Å². The van der Waals surface area contributed by atoms with Gasteiger partial charge in [0.25, 0.3) is 0 Å². The number of nitrogens with zero attached hydrogens (tertiary/aromatic N) is 6. The molecule has 0 fully saturated rings. The molecular formula is C6H4N6O4S. The van der Waals surface area contributed by atoms with Crippen LogP contribution < -0.4 is 0 Å². The van der Waals surface area contributed by atoms with E-state index in [-0.39, 0.29) is 11.6 Å². The molecule has 0 aromatic carbocycles. The number of allylic oxidation sites excluding steroid dienone is 4. The Bertz CT molecular complexity index is 514.